The van der Waals surface area contributed by atoms with Crippen molar-refractivity contribution in [3.63, 3.8) is 0 Å². The lowest BCUT2D eigenvalue weighted by atomic mass is 10.1. The van der Waals surface area contributed by atoms with Crippen molar-refractivity contribution in [3.8, 4) is 6.07 Å². The van der Waals surface area contributed by atoms with Gasteiger partial charge in [0.2, 0.25) is 0 Å². The largest absolute Gasteiger partial charge is 0.462 e. The van der Waals surface area contributed by atoms with Gasteiger partial charge in [0.15, 0.2) is 0 Å². The number of esters is 2. The molecule has 0 fully saturated rings. The first-order chi connectivity index (χ1) is 12.5. The predicted molar refractivity (Wildman–Crippen MR) is 89.3 cm³/mol. The second-order valence-corrected chi connectivity index (χ2v) is 5.09. The van der Waals surface area contributed by atoms with E-state index >= 15 is 0 Å². The van der Waals surface area contributed by atoms with E-state index < -0.39 is 22.5 Å². The van der Waals surface area contributed by atoms with E-state index in [1.165, 1.54) is 6.07 Å². The number of non-ortho nitro benzene ring substituents is 1. The predicted octanol–water partition coefficient (Wildman–Crippen LogP) is 3.00. The molecule has 0 spiro atoms. The van der Waals surface area contributed by atoms with E-state index in [9.17, 15) is 19.7 Å². The van der Waals surface area contributed by atoms with Crippen LogP contribution in [0.15, 0.2) is 42.5 Å². The van der Waals surface area contributed by atoms with Gasteiger partial charge >= 0.3 is 11.9 Å². The van der Waals surface area contributed by atoms with Crippen molar-refractivity contribution in [2.24, 2.45) is 0 Å². The van der Waals surface area contributed by atoms with Crippen LogP contribution >= 0.6 is 0 Å². The van der Waals surface area contributed by atoms with Crippen LogP contribution < -0.4 is 0 Å². The standard InChI is InChI=1S/C18H14N2O6/c1-2-25-17(21)14-7-15(9-16(8-14)20(23)24)18(22)26-11-13-6-4-3-5-12(13)10-19/h3-9H,2,11H2,1H3. The van der Waals surface area contributed by atoms with Crippen LogP contribution in [-0.4, -0.2) is 23.5 Å². The van der Waals surface area contributed by atoms with Crippen LogP contribution in [0.5, 0.6) is 0 Å². The molecule has 8 heteroatoms. The normalized spacial score (nSPS) is 9.85. The second kappa shape index (κ2) is 8.39. The van der Waals surface area contributed by atoms with Crippen LogP contribution in [0.2, 0.25) is 0 Å². The molecule has 0 atom stereocenters. The number of hydrogen-bond donors (Lipinski definition) is 0. The summed E-state index contributed by atoms with van der Waals surface area (Å²) >= 11 is 0. The molecule has 2 aromatic rings. The van der Waals surface area contributed by atoms with Gasteiger partial charge in [0.1, 0.15) is 6.61 Å². The van der Waals surface area contributed by atoms with Crippen molar-refractivity contribution in [2.45, 2.75) is 13.5 Å². The molecule has 0 bridgehead atoms. The maximum Gasteiger partial charge on any atom is 0.338 e. The highest BCUT2D eigenvalue weighted by atomic mass is 16.6. The number of nitrogens with zero attached hydrogens (tertiary/aromatic N) is 2. The zero-order valence-electron chi connectivity index (χ0n) is 13.8. The van der Waals surface area contributed by atoms with Gasteiger partial charge in [0, 0.05) is 17.7 Å². The smallest absolute Gasteiger partial charge is 0.338 e. The summed E-state index contributed by atoms with van der Waals surface area (Å²) in [7, 11) is 0. The maximum atomic E-state index is 12.2. The molecule has 8 nitrogen and oxygen atoms in total. The van der Waals surface area contributed by atoms with E-state index in [4.69, 9.17) is 14.7 Å². The summed E-state index contributed by atoms with van der Waals surface area (Å²) in [5.41, 5.74) is 0.146. The summed E-state index contributed by atoms with van der Waals surface area (Å²) in [4.78, 5) is 34.4. The Hall–Kier alpha value is -3.73. The molecule has 0 aliphatic rings. The van der Waals surface area contributed by atoms with E-state index in [0.29, 0.717) is 11.1 Å². The second-order valence-electron chi connectivity index (χ2n) is 5.09. The monoisotopic (exact) mass is 354 g/mol. The number of carbonyl (C=O) groups is 2. The molecule has 0 amide bonds. The Morgan fingerprint density at radius 2 is 1.73 bits per heavy atom. The zero-order chi connectivity index (χ0) is 19.1. The molecule has 0 aliphatic carbocycles. The Morgan fingerprint density at radius 1 is 1.12 bits per heavy atom. The molecule has 2 rings (SSSR count). The van der Waals surface area contributed by atoms with Crippen molar-refractivity contribution < 1.29 is 24.0 Å². The number of carbonyl (C=O) groups excluding carboxylic acids is 2. The number of hydrogen-bond acceptors (Lipinski definition) is 7. The highest BCUT2D eigenvalue weighted by Crippen LogP contribution is 2.20. The Bertz CT molecular complexity index is 901. The molecule has 2 aromatic carbocycles. The summed E-state index contributed by atoms with van der Waals surface area (Å²) in [6.07, 6.45) is 0. The summed E-state index contributed by atoms with van der Waals surface area (Å²) in [5, 5.41) is 20.1. The van der Waals surface area contributed by atoms with Gasteiger partial charge in [0.05, 0.1) is 34.3 Å². The highest BCUT2D eigenvalue weighted by molar-refractivity contribution is 5.96. The fourth-order valence-corrected chi connectivity index (χ4v) is 2.15. The molecule has 0 N–H and O–H groups in total. The molecular formula is C18H14N2O6. The average molecular weight is 354 g/mol. The van der Waals surface area contributed by atoms with Crippen molar-refractivity contribution >= 4 is 17.6 Å². The van der Waals surface area contributed by atoms with E-state index in [1.807, 2.05) is 6.07 Å². The van der Waals surface area contributed by atoms with E-state index in [-0.39, 0.29) is 24.3 Å². The van der Waals surface area contributed by atoms with E-state index in [2.05, 4.69) is 0 Å². The summed E-state index contributed by atoms with van der Waals surface area (Å²) in [5.74, 6) is -1.63. The Morgan fingerprint density at radius 3 is 2.31 bits per heavy atom. The zero-order valence-corrected chi connectivity index (χ0v) is 13.8. The minimum Gasteiger partial charge on any atom is -0.462 e. The molecule has 0 aliphatic heterocycles. The first-order valence-corrected chi connectivity index (χ1v) is 7.58. The molecule has 0 saturated carbocycles. The lowest BCUT2D eigenvalue weighted by Crippen LogP contribution is -2.10. The summed E-state index contributed by atoms with van der Waals surface area (Å²) in [6.45, 7) is 1.50. The summed E-state index contributed by atoms with van der Waals surface area (Å²) < 4.78 is 9.93. The molecule has 132 valence electrons. The average Bonchev–Trinajstić information content (AvgIpc) is 2.66. The van der Waals surface area contributed by atoms with Gasteiger partial charge in [-0.25, -0.2) is 9.59 Å². The Labute approximate surface area is 148 Å². The lowest BCUT2D eigenvalue weighted by Gasteiger charge is -2.08. The number of benzene rings is 2. The quantitative estimate of drug-likeness (QED) is 0.444. The Kier molecular flexibility index (Phi) is 6.01. The fraction of sp³-hybridized carbons (Fsp3) is 0.167. The highest BCUT2D eigenvalue weighted by Gasteiger charge is 2.19. The van der Waals surface area contributed by atoms with Crippen LogP contribution in [-0.2, 0) is 16.1 Å². The van der Waals surface area contributed by atoms with Crippen molar-refractivity contribution in [3.05, 3.63) is 74.8 Å². The summed E-state index contributed by atoms with van der Waals surface area (Å²) in [6, 6.07) is 11.8. The SMILES string of the molecule is CCOC(=O)c1cc(C(=O)OCc2ccccc2C#N)cc([N+](=O)[O-])c1. The molecule has 0 heterocycles. The van der Waals surface area contributed by atoms with Crippen molar-refractivity contribution in [1.82, 2.24) is 0 Å². The number of rotatable bonds is 6. The molecule has 0 unspecified atom stereocenters. The molecule has 0 radical (unpaired) electrons. The van der Waals surface area contributed by atoms with Gasteiger partial charge in [-0.05, 0) is 19.1 Å². The number of nitriles is 1. The Balaban J connectivity index is 2.26. The number of nitro benzene ring substituents is 1. The minimum atomic E-state index is -0.855. The molecular weight excluding hydrogens is 340 g/mol. The lowest BCUT2D eigenvalue weighted by molar-refractivity contribution is -0.384. The van der Waals surface area contributed by atoms with Gasteiger partial charge in [-0.15, -0.1) is 0 Å². The molecule has 26 heavy (non-hydrogen) atoms. The van der Waals surface area contributed by atoms with E-state index in [1.54, 1.807) is 31.2 Å². The van der Waals surface area contributed by atoms with Crippen molar-refractivity contribution in [2.75, 3.05) is 6.61 Å². The third kappa shape index (κ3) is 4.42. The van der Waals surface area contributed by atoms with Crippen LogP contribution in [0.25, 0.3) is 0 Å². The first kappa shape index (κ1) is 18.6. The van der Waals surface area contributed by atoms with Gasteiger partial charge in [-0.1, -0.05) is 18.2 Å². The van der Waals surface area contributed by atoms with E-state index in [0.717, 1.165) is 12.1 Å². The minimum absolute atomic E-state index is 0.0895. The van der Waals surface area contributed by atoms with Gasteiger partial charge in [-0.2, -0.15) is 5.26 Å². The van der Waals surface area contributed by atoms with Crippen molar-refractivity contribution in [1.29, 1.82) is 5.26 Å². The number of ether oxygens (including phenoxy) is 2. The third-order valence-electron chi connectivity index (χ3n) is 3.37. The fourth-order valence-electron chi connectivity index (χ4n) is 2.15. The third-order valence-corrected chi connectivity index (χ3v) is 3.37. The van der Waals surface area contributed by atoms with Gasteiger partial charge in [-0.3, -0.25) is 10.1 Å². The van der Waals surface area contributed by atoms with Gasteiger partial charge in [0.25, 0.3) is 5.69 Å². The van der Waals surface area contributed by atoms with Crippen LogP contribution in [0.1, 0.15) is 38.8 Å². The molecule has 0 saturated heterocycles. The maximum absolute atomic E-state index is 12.2. The molecule has 0 aromatic heterocycles. The van der Waals surface area contributed by atoms with Crippen LogP contribution in [0, 0.1) is 21.4 Å². The number of nitro groups is 1. The topological polar surface area (TPSA) is 120 Å². The van der Waals surface area contributed by atoms with Crippen LogP contribution in [0.3, 0.4) is 0 Å². The van der Waals surface area contributed by atoms with Gasteiger partial charge < -0.3 is 9.47 Å². The first-order valence-electron chi connectivity index (χ1n) is 7.58. The van der Waals surface area contributed by atoms with Crippen LogP contribution in [0.4, 0.5) is 5.69 Å².